The van der Waals surface area contributed by atoms with Gasteiger partial charge in [-0.1, -0.05) is 13.8 Å². The number of carbonyl (C=O) groups excluding carboxylic acids is 1. The largest absolute Gasteiger partial charge is 0.383 e. The Morgan fingerprint density at radius 3 is 2.75 bits per heavy atom. The van der Waals surface area contributed by atoms with Gasteiger partial charge in [0.05, 0.1) is 0 Å². The highest BCUT2D eigenvalue weighted by Gasteiger charge is 2.18. The van der Waals surface area contributed by atoms with E-state index < -0.39 is 0 Å². The zero-order valence-corrected chi connectivity index (χ0v) is 12.2. The van der Waals surface area contributed by atoms with Crippen molar-refractivity contribution >= 4 is 17.5 Å². The molecular weight excluding hydrogens is 254 g/mol. The molecule has 1 aromatic rings. The van der Waals surface area contributed by atoms with E-state index in [9.17, 15) is 4.79 Å². The van der Waals surface area contributed by atoms with Gasteiger partial charge in [0.25, 0.3) is 0 Å². The third kappa shape index (κ3) is 3.37. The van der Waals surface area contributed by atoms with Crippen LogP contribution in [0, 0.1) is 0 Å². The third-order valence-corrected chi connectivity index (χ3v) is 3.58. The van der Waals surface area contributed by atoms with Crippen LogP contribution in [0.4, 0.5) is 11.6 Å². The van der Waals surface area contributed by atoms with Crippen LogP contribution in [-0.2, 0) is 4.79 Å². The summed E-state index contributed by atoms with van der Waals surface area (Å²) in [5.74, 6) is 1.70. The SMILES string of the molecule is CC(C)c1c(N)ncnc1NCCC(=O)N1CCCC1. The van der Waals surface area contributed by atoms with E-state index in [2.05, 4.69) is 29.1 Å². The Morgan fingerprint density at radius 1 is 1.40 bits per heavy atom. The molecule has 1 aliphatic rings. The van der Waals surface area contributed by atoms with Crippen LogP contribution in [0.25, 0.3) is 0 Å². The van der Waals surface area contributed by atoms with Crippen LogP contribution in [0.1, 0.15) is 44.6 Å². The number of aromatic nitrogens is 2. The number of amides is 1. The molecular formula is C14H23N5O. The van der Waals surface area contributed by atoms with Crippen LogP contribution >= 0.6 is 0 Å². The number of rotatable bonds is 5. The summed E-state index contributed by atoms with van der Waals surface area (Å²) in [6.07, 6.45) is 4.19. The van der Waals surface area contributed by atoms with Gasteiger partial charge in [-0.15, -0.1) is 0 Å². The lowest BCUT2D eigenvalue weighted by Crippen LogP contribution is -2.29. The van der Waals surface area contributed by atoms with Gasteiger partial charge in [0.1, 0.15) is 18.0 Å². The Bertz CT molecular complexity index is 469. The molecule has 110 valence electrons. The van der Waals surface area contributed by atoms with Gasteiger partial charge in [-0.25, -0.2) is 9.97 Å². The summed E-state index contributed by atoms with van der Waals surface area (Å²) in [4.78, 5) is 22.1. The number of carbonyl (C=O) groups is 1. The normalized spacial score (nSPS) is 14.8. The predicted molar refractivity (Wildman–Crippen MR) is 79.5 cm³/mol. The lowest BCUT2D eigenvalue weighted by atomic mass is 10.0. The first-order valence-corrected chi connectivity index (χ1v) is 7.21. The molecule has 1 amide bonds. The van der Waals surface area contributed by atoms with E-state index in [0.29, 0.717) is 18.8 Å². The molecule has 1 saturated heterocycles. The van der Waals surface area contributed by atoms with Crippen molar-refractivity contribution in [1.82, 2.24) is 14.9 Å². The molecule has 2 heterocycles. The van der Waals surface area contributed by atoms with Gasteiger partial charge in [-0.3, -0.25) is 4.79 Å². The molecule has 1 aliphatic heterocycles. The highest BCUT2D eigenvalue weighted by Crippen LogP contribution is 2.26. The zero-order valence-electron chi connectivity index (χ0n) is 12.2. The average molecular weight is 277 g/mol. The second-order valence-corrected chi connectivity index (χ2v) is 5.44. The second-order valence-electron chi connectivity index (χ2n) is 5.44. The second kappa shape index (κ2) is 6.54. The molecule has 2 rings (SSSR count). The summed E-state index contributed by atoms with van der Waals surface area (Å²) < 4.78 is 0. The van der Waals surface area contributed by atoms with Crippen LogP contribution < -0.4 is 11.1 Å². The van der Waals surface area contributed by atoms with E-state index in [4.69, 9.17) is 5.73 Å². The number of nitrogens with two attached hydrogens (primary N) is 1. The highest BCUT2D eigenvalue weighted by atomic mass is 16.2. The summed E-state index contributed by atoms with van der Waals surface area (Å²) in [7, 11) is 0. The van der Waals surface area contributed by atoms with E-state index in [1.165, 1.54) is 6.33 Å². The van der Waals surface area contributed by atoms with Gasteiger partial charge in [0.15, 0.2) is 0 Å². The number of nitrogens with zero attached hydrogens (tertiary/aromatic N) is 3. The standard InChI is InChI=1S/C14H23N5O/c1-10(2)12-13(15)17-9-18-14(12)16-6-5-11(20)19-7-3-4-8-19/h9-10H,3-8H2,1-2H3,(H3,15,16,17,18). The fourth-order valence-electron chi connectivity index (χ4n) is 2.53. The van der Waals surface area contributed by atoms with Gasteiger partial charge in [-0.2, -0.15) is 0 Å². The van der Waals surface area contributed by atoms with Gasteiger partial charge in [0.2, 0.25) is 5.91 Å². The minimum atomic E-state index is 0.211. The summed E-state index contributed by atoms with van der Waals surface area (Å²) in [6, 6.07) is 0. The molecule has 0 aromatic carbocycles. The molecule has 20 heavy (non-hydrogen) atoms. The summed E-state index contributed by atoms with van der Waals surface area (Å²) in [5, 5.41) is 3.21. The number of nitrogen functional groups attached to an aromatic ring is 1. The van der Waals surface area contributed by atoms with E-state index in [1.807, 2.05) is 4.90 Å². The topological polar surface area (TPSA) is 84.1 Å². The van der Waals surface area contributed by atoms with Crippen LogP contribution in [0.5, 0.6) is 0 Å². The third-order valence-electron chi connectivity index (χ3n) is 3.58. The van der Waals surface area contributed by atoms with Crippen LogP contribution in [0.15, 0.2) is 6.33 Å². The van der Waals surface area contributed by atoms with Gasteiger partial charge in [-0.05, 0) is 18.8 Å². The highest BCUT2D eigenvalue weighted by molar-refractivity contribution is 5.77. The molecule has 3 N–H and O–H groups in total. The number of nitrogens with one attached hydrogen (secondary N) is 1. The van der Waals surface area contributed by atoms with E-state index in [0.717, 1.165) is 37.3 Å². The smallest absolute Gasteiger partial charge is 0.224 e. The first-order chi connectivity index (χ1) is 9.59. The van der Waals surface area contributed by atoms with E-state index >= 15 is 0 Å². The Balaban J connectivity index is 1.91. The quantitative estimate of drug-likeness (QED) is 0.854. The summed E-state index contributed by atoms with van der Waals surface area (Å²) >= 11 is 0. The van der Waals surface area contributed by atoms with Gasteiger partial charge in [0, 0.05) is 31.6 Å². The van der Waals surface area contributed by atoms with E-state index in [-0.39, 0.29) is 11.8 Å². The monoisotopic (exact) mass is 277 g/mol. The minimum absolute atomic E-state index is 0.211. The number of likely N-dealkylation sites (tertiary alicyclic amines) is 1. The number of hydrogen-bond acceptors (Lipinski definition) is 5. The first-order valence-electron chi connectivity index (χ1n) is 7.21. The molecule has 1 fully saturated rings. The van der Waals surface area contributed by atoms with Crippen molar-refractivity contribution in [3.05, 3.63) is 11.9 Å². The van der Waals surface area contributed by atoms with Crippen molar-refractivity contribution in [2.75, 3.05) is 30.7 Å². The molecule has 0 saturated carbocycles. The lowest BCUT2D eigenvalue weighted by Gasteiger charge is -2.17. The fraction of sp³-hybridized carbons (Fsp3) is 0.643. The summed E-state index contributed by atoms with van der Waals surface area (Å²) in [6.45, 7) is 6.48. The van der Waals surface area contributed by atoms with Crippen molar-refractivity contribution in [3.8, 4) is 0 Å². The molecule has 0 unspecified atom stereocenters. The Labute approximate surface area is 119 Å². The fourth-order valence-corrected chi connectivity index (χ4v) is 2.53. The van der Waals surface area contributed by atoms with Crippen LogP contribution in [0.2, 0.25) is 0 Å². The van der Waals surface area contributed by atoms with Crippen molar-refractivity contribution in [1.29, 1.82) is 0 Å². The maximum absolute atomic E-state index is 11.9. The maximum atomic E-state index is 11.9. The van der Waals surface area contributed by atoms with Crippen LogP contribution in [0.3, 0.4) is 0 Å². The first kappa shape index (κ1) is 14.6. The van der Waals surface area contributed by atoms with Crippen molar-refractivity contribution in [2.24, 2.45) is 0 Å². The molecule has 6 heteroatoms. The molecule has 0 bridgehead atoms. The number of anilines is 2. The number of hydrogen-bond donors (Lipinski definition) is 2. The minimum Gasteiger partial charge on any atom is -0.383 e. The molecule has 1 aromatic heterocycles. The molecule has 0 aliphatic carbocycles. The Kier molecular flexibility index (Phi) is 4.76. The van der Waals surface area contributed by atoms with Crippen molar-refractivity contribution in [3.63, 3.8) is 0 Å². The Morgan fingerprint density at radius 2 is 2.10 bits per heavy atom. The maximum Gasteiger partial charge on any atom is 0.224 e. The molecule has 0 radical (unpaired) electrons. The molecule has 0 spiro atoms. The van der Waals surface area contributed by atoms with Crippen LogP contribution in [-0.4, -0.2) is 40.4 Å². The average Bonchev–Trinajstić information content (AvgIpc) is 2.92. The lowest BCUT2D eigenvalue weighted by molar-refractivity contribution is -0.129. The van der Waals surface area contributed by atoms with Gasteiger partial charge < -0.3 is 16.0 Å². The zero-order chi connectivity index (χ0) is 14.5. The van der Waals surface area contributed by atoms with Crippen molar-refractivity contribution in [2.45, 2.75) is 39.0 Å². The molecule has 0 atom stereocenters. The van der Waals surface area contributed by atoms with E-state index in [1.54, 1.807) is 0 Å². The Hall–Kier alpha value is -1.85. The molecule has 6 nitrogen and oxygen atoms in total. The summed E-state index contributed by atoms with van der Waals surface area (Å²) in [5.41, 5.74) is 6.80. The van der Waals surface area contributed by atoms with Gasteiger partial charge >= 0.3 is 0 Å². The van der Waals surface area contributed by atoms with Crippen molar-refractivity contribution < 1.29 is 4.79 Å². The predicted octanol–water partition coefficient (Wildman–Crippen LogP) is 1.61.